The molecule has 0 saturated heterocycles. The summed E-state index contributed by atoms with van der Waals surface area (Å²) >= 11 is 0. The summed E-state index contributed by atoms with van der Waals surface area (Å²) in [7, 11) is 0. The summed E-state index contributed by atoms with van der Waals surface area (Å²) < 4.78 is 2.11. The van der Waals surface area contributed by atoms with Crippen molar-refractivity contribution in [1.82, 2.24) is 9.88 Å². The average Bonchev–Trinajstić information content (AvgIpc) is 2.75. The minimum absolute atomic E-state index is 0.0348. The topological polar surface area (TPSA) is 34.0 Å². The molecule has 96 valence electrons. The van der Waals surface area contributed by atoms with Crippen LogP contribution in [0.2, 0.25) is 0 Å². The molecular formula is C15H20N2O. The van der Waals surface area contributed by atoms with Gasteiger partial charge in [0.15, 0.2) is 0 Å². The van der Waals surface area contributed by atoms with Gasteiger partial charge in [0.2, 0.25) is 0 Å². The van der Waals surface area contributed by atoms with Crippen molar-refractivity contribution >= 4 is 5.91 Å². The van der Waals surface area contributed by atoms with Crippen LogP contribution >= 0.6 is 0 Å². The lowest BCUT2D eigenvalue weighted by molar-refractivity contribution is 0.0938. The van der Waals surface area contributed by atoms with Gasteiger partial charge in [-0.1, -0.05) is 0 Å². The molecule has 1 amide bonds. The van der Waals surface area contributed by atoms with Gasteiger partial charge >= 0.3 is 0 Å². The van der Waals surface area contributed by atoms with Crippen LogP contribution in [0.4, 0.5) is 0 Å². The van der Waals surface area contributed by atoms with Crippen LogP contribution in [-0.2, 0) is 0 Å². The van der Waals surface area contributed by atoms with E-state index in [9.17, 15) is 4.79 Å². The molecule has 18 heavy (non-hydrogen) atoms. The van der Waals surface area contributed by atoms with Crippen molar-refractivity contribution < 1.29 is 4.79 Å². The molecule has 1 aromatic rings. The summed E-state index contributed by atoms with van der Waals surface area (Å²) in [4.78, 5) is 12.0. The number of hydrogen-bond acceptors (Lipinski definition) is 1. The van der Waals surface area contributed by atoms with E-state index in [-0.39, 0.29) is 5.91 Å². The maximum atomic E-state index is 12.0. The molecular weight excluding hydrogens is 224 g/mol. The zero-order chi connectivity index (χ0) is 12.8. The Balaban J connectivity index is 1.81. The number of hydrogen-bond donors (Lipinski definition) is 1. The van der Waals surface area contributed by atoms with E-state index in [1.165, 1.54) is 19.3 Å². The largest absolute Gasteiger partial charge is 0.351 e. The average molecular weight is 244 g/mol. The third-order valence-electron chi connectivity index (χ3n) is 3.51. The number of unbranched alkanes of at least 4 members (excludes halogenated alkanes) is 2. The maximum absolute atomic E-state index is 12.0. The van der Waals surface area contributed by atoms with Gasteiger partial charge in [0.05, 0.1) is 0 Å². The highest BCUT2D eigenvalue weighted by atomic mass is 16.1. The molecule has 1 aromatic heterocycles. The number of rotatable bonds is 6. The quantitative estimate of drug-likeness (QED) is 0.606. The lowest BCUT2D eigenvalue weighted by Crippen LogP contribution is -2.29. The van der Waals surface area contributed by atoms with Crippen molar-refractivity contribution in [2.75, 3.05) is 6.54 Å². The zero-order valence-electron chi connectivity index (χ0n) is 10.7. The fourth-order valence-electron chi connectivity index (χ4n) is 2.21. The highest BCUT2D eigenvalue weighted by Crippen LogP contribution is 2.32. The molecule has 1 aliphatic rings. The summed E-state index contributed by atoms with van der Waals surface area (Å²) in [5.41, 5.74) is 0.789. The first-order chi connectivity index (χ1) is 8.83. The van der Waals surface area contributed by atoms with E-state index in [2.05, 4.69) is 15.8 Å². The Bertz CT molecular complexity index is 438. The number of terminal acetylenes is 1. The van der Waals surface area contributed by atoms with Gasteiger partial charge in [0.1, 0.15) is 5.69 Å². The van der Waals surface area contributed by atoms with Crippen molar-refractivity contribution in [2.24, 2.45) is 0 Å². The molecule has 0 radical (unpaired) electrons. The van der Waals surface area contributed by atoms with E-state index in [1.807, 2.05) is 18.3 Å². The monoisotopic (exact) mass is 244 g/mol. The standard InChI is InChI=1S/C15H20N2O/c1-2-3-4-5-11-16-15(18)14-10-7-12-17(14)13-8-6-9-13/h1,7,10,12-13H,3-6,8-9,11H2,(H,16,18). The van der Waals surface area contributed by atoms with Gasteiger partial charge in [-0.05, 0) is 44.2 Å². The highest BCUT2D eigenvalue weighted by molar-refractivity contribution is 5.92. The Kier molecular flexibility index (Phi) is 4.46. The molecule has 3 heteroatoms. The Morgan fingerprint density at radius 1 is 1.50 bits per heavy atom. The van der Waals surface area contributed by atoms with E-state index >= 15 is 0 Å². The van der Waals surface area contributed by atoms with Crippen molar-refractivity contribution in [3.8, 4) is 12.3 Å². The third-order valence-corrected chi connectivity index (χ3v) is 3.51. The van der Waals surface area contributed by atoms with Gasteiger partial charge in [-0.2, -0.15) is 0 Å². The molecule has 3 nitrogen and oxygen atoms in total. The van der Waals surface area contributed by atoms with Crippen LogP contribution < -0.4 is 5.32 Å². The van der Waals surface area contributed by atoms with Crippen molar-refractivity contribution in [3.63, 3.8) is 0 Å². The van der Waals surface area contributed by atoms with Gasteiger partial charge in [-0.15, -0.1) is 12.3 Å². The number of aromatic nitrogens is 1. The Labute approximate surface area is 109 Å². The molecule has 1 fully saturated rings. The SMILES string of the molecule is C#CCCCCNC(=O)c1cccn1C1CCC1. The minimum atomic E-state index is 0.0348. The zero-order valence-corrected chi connectivity index (χ0v) is 10.7. The van der Waals surface area contributed by atoms with Gasteiger partial charge in [0.25, 0.3) is 5.91 Å². The van der Waals surface area contributed by atoms with E-state index < -0.39 is 0 Å². The van der Waals surface area contributed by atoms with Crippen LogP contribution in [0.25, 0.3) is 0 Å². The third kappa shape index (κ3) is 2.95. The minimum Gasteiger partial charge on any atom is -0.351 e. The van der Waals surface area contributed by atoms with Crippen LogP contribution in [0.15, 0.2) is 18.3 Å². The van der Waals surface area contributed by atoms with Crippen LogP contribution in [0.5, 0.6) is 0 Å². The fourth-order valence-corrected chi connectivity index (χ4v) is 2.21. The first-order valence-corrected chi connectivity index (χ1v) is 6.71. The smallest absolute Gasteiger partial charge is 0.267 e. The molecule has 0 aliphatic heterocycles. The van der Waals surface area contributed by atoms with Crippen LogP contribution in [0.1, 0.15) is 55.1 Å². The lowest BCUT2D eigenvalue weighted by Gasteiger charge is -2.28. The molecule has 1 saturated carbocycles. The first kappa shape index (κ1) is 12.8. The molecule has 0 atom stereocenters. The number of nitrogens with one attached hydrogen (secondary N) is 1. The van der Waals surface area contributed by atoms with Crippen molar-refractivity contribution in [2.45, 2.75) is 44.6 Å². The van der Waals surface area contributed by atoms with Crippen LogP contribution in [0.3, 0.4) is 0 Å². The summed E-state index contributed by atoms with van der Waals surface area (Å²) in [6, 6.07) is 4.38. The van der Waals surface area contributed by atoms with E-state index in [4.69, 9.17) is 6.42 Å². The van der Waals surface area contributed by atoms with Crippen molar-refractivity contribution in [3.05, 3.63) is 24.0 Å². The predicted octanol–water partition coefficient (Wildman–Crippen LogP) is 2.75. The second-order valence-corrected chi connectivity index (χ2v) is 4.80. The summed E-state index contributed by atoms with van der Waals surface area (Å²) in [6.45, 7) is 0.705. The van der Waals surface area contributed by atoms with E-state index in [0.29, 0.717) is 12.6 Å². The molecule has 0 unspecified atom stereocenters. The normalized spacial score (nSPS) is 14.8. The second-order valence-electron chi connectivity index (χ2n) is 4.80. The molecule has 1 heterocycles. The Morgan fingerprint density at radius 2 is 2.33 bits per heavy atom. The van der Waals surface area contributed by atoms with Gasteiger partial charge in [-0.25, -0.2) is 0 Å². The Morgan fingerprint density at radius 3 is 3.00 bits per heavy atom. The lowest BCUT2D eigenvalue weighted by atomic mass is 9.93. The molecule has 0 bridgehead atoms. The molecule has 0 aromatic carbocycles. The van der Waals surface area contributed by atoms with Crippen molar-refractivity contribution in [1.29, 1.82) is 0 Å². The van der Waals surface area contributed by atoms with Gasteiger partial charge < -0.3 is 9.88 Å². The van der Waals surface area contributed by atoms with Crippen LogP contribution in [0, 0.1) is 12.3 Å². The van der Waals surface area contributed by atoms with Crippen LogP contribution in [-0.4, -0.2) is 17.0 Å². The van der Waals surface area contributed by atoms with E-state index in [0.717, 1.165) is 25.0 Å². The predicted molar refractivity (Wildman–Crippen MR) is 72.3 cm³/mol. The van der Waals surface area contributed by atoms with E-state index in [1.54, 1.807) is 0 Å². The number of amides is 1. The van der Waals surface area contributed by atoms with Gasteiger partial charge in [-0.3, -0.25) is 4.79 Å². The summed E-state index contributed by atoms with van der Waals surface area (Å²) in [6.07, 6.45) is 13.6. The summed E-state index contributed by atoms with van der Waals surface area (Å²) in [5, 5.41) is 2.96. The first-order valence-electron chi connectivity index (χ1n) is 6.71. The number of carbonyl (C=O) groups is 1. The maximum Gasteiger partial charge on any atom is 0.267 e. The summed E-state index contributed by atoms with van der Waals surface area (Å²) in [5.74, 6) is 2.64. The Hall–Kier alpha value is -1.69. The molecule has 1 aliphatic carbocycles. The highest BCUT2D eigenvalue weighted by Gasteiger charge is 2.22. The molecule has 0 spiro atoms. The second kappa shape index (κ2) is 6.30. The number of nitrogens with zero attached hydrogens (tertiary/aromatic N) is 1. The van der Waals surface area contributed by atoms with Gasteiger partial charge in [0, 0.05) is 25.2 Å². The molecule has 1 N–H and O–H groups in total. The molecule has 2 rings (SSSR count). The number of carbonyl (C=O) groups excluding carboxylic acids is 1. The fraction of sp³-hybridized carbons (Fsp3) is 0.533.